The highest BCUT2D eigenvalue weighted by atomic mass is 32.2. The number of nitrogens with zero attached hydrogens (tertiary/aromatic N) is 1. The number of aromatic nitrogens is 2. The third kappa shape index (κ3) is 1.86. The maximum Gasteiger partial charge on any atom is 0.120 e. The average molecular weight is 231 g/mol. The zero-order chi connectivity index (χ0) is 10.8. The molecule has 16 heavy (non-hydrogen) atoms. The highest BCUT2D eigenvalue weighted by molar-refractivity contribution is 7.99. The number of H-pyrrole nitrogens is 1. The lowest BCUT2D eigenvalue weighted by Crippen LogP contribution is -2.21. The lowest BCUT2D eigenvalue weighted by Gasteiger charge is -2.11. The normalized spacial score (nSPS) is 18.6. The van der Waals surface area contributed by atoms with E-state index in [1.54, 1.807) is 6.20 Å². The first-order valence-corrected chi connectivity index (χ1v) is 6.35. The molecular weight excluding hydrogens is 218 g/mol. The fraction of sp³-hybridized carbons (Fsp3) is 0.250. The van der Waals surface area contributed by atoms with Crippen molar-refractivity contribution in [2.24, 2.45) is 0 Å². The number of imidazole rings is 1. The van der Waals surface area contributed by atoms with Crippen LogP contribution in [-0.4, -0.2) is 15.7 Å². The molecule has 3 rings (SSSR count). The molecule has 0 bridgehead atoms. The van der Waals surface area contributed by atoms with Gasteiger partial charge < -0.3 is 10.3 Å². The highest BCUT2D eigenvalue weighted by Crippen LogP contribution is 2.37. The summed E-state index contributed by atoms with van der Waals surface area (Å²) in [4.78, 5) is 8.72. The summed E-state index contributed by atoms with van der Waals surface area (Å²) in [6.07, 6.45) is 3.64. The van der Waals surface area contributed by atoms with Gasteiger partial charge in [0.2, 0.25) is 0 Å². The van der Waals surface area contributed by atoms with Crippen LogP contribution < -0.4 is 5.32 Å². The second kappa shape index (κ2) is 4.31. The van der Waals surface area contributed by atoms with Crippen LogP contribution in [0.25, 0.3) is 0 Å². The van der Waals surface area contributed by atoms with E-state index < -0.39 is 0 Å². The van der Waals surface area contributed by atoms with Gasteiger partial charge >= 0.3 is 0 Å². The smallest absolute Gasteiger partial charge is 0.120 e. The molecule has 2 heterocycles. The van der Waals surface area contributed by atoms with Crippen molar-refractivity contribution in [3.8, 4) is 0 Å². The number of aromatic amines is 1. The van der Waals surface area contributed by atoms with Crippen LogP contribution in [-0.2, 0) is 6.54 Å². The van der Waals surface area contributed by atoms with E-state index in [9.17, 15) is 0 Å². The second-order valence-corrected chi connectivity index (χ2v) is 4.88. The molecule has 0 aliphatic carbocycles. The van der Waals surface area contributed by atoms with Crippen molar-refractivity contribution >= 4 is 11.8 Å². The van der Waals surface area contributed by atoms with Crippen LogP contribution in [0.4, 0.5) is 0 Å². The van der Waals surface area contributed by atoms with Crippen LogP contribution in [0, 0.1) is 0 Å². The number of benzene rings is 1. The summed E-state index contributed by atoms with van der Waals surface area (Å²) in [6.45, 7) is 0.798. The molecule has 0 radical (unpaired) electrons. The molecule has 0 amide bonds. The van der Waals surface area contributed by atoms with Gasteiger partial charge in [0.15, 0.2) is 0 Å². The van der Waals surface area contributed by atoms with Crippen molar-refractivity contribution in [2.45, 2.75) is 17.5 Å². The second-order valence-electron chi connectivity index (χ2n) is 3.82. The van der Waals surface area contributed by atoms with Crippen molar-refractivity contribution in [3.05, 3.63) is 48.0 Å². The molecule has 1 aromatic carbocycles. The van der Waals surface area contributed by atoms with E-state index >= 15 is 0 Å². The molecule has 0 saturated carbocycles. The Balaban J connectivity index is 1.69. The molecule has 0 saturated heterocycles. The van der Waals surface area contributed by atoms with Gasteiger partial charge in [0.1, 0.15) is 5.82 Å². The summed E-state index contributed by atoms with van der Waals surface area (Å²) in [5.74, 6) is 2.11. The molecule has 1 atom stereocenters. The number of hydrogen-bond acceptors (Lipinski definition) is 3. The SMILES string of the molecule is c1ccc2c(c1)SCC2NCc1ncc[nH]1. The third-order valence-corrected chi connectivity index (χ3v) is 3.95. The number of rotatable bonds is 3. The topological polar surface area (TPSA) is 40.7 Å². The van der Waals surface area contributed by atoms with Crippen molar-refractivity contribution < 1.29 is 0 Å². The van der Waals surface area contributed by atoms with E-state index in [4.69, 9.17) is 0 Å². The van der Waals surface area contributed by atoms with Gasteiger partial charge in [-0.2, -0.15) is 0 Å². The Morgan fingerprint density at radius 1 is 1.44 bits per heavy atom. The summed E-state index contributed by atoms with van der Waals surface area (Å²) in [5, 5.41) is 3.53. The third-order valence-electron chi connectivity index (χ3n) is 2.77. The lowest BCUT2D eigenvalue weighted by atomic mass is 10.1. The summed E-state index contributed by atoms with van der Waals surface area (Å²) < 4.78 is 0. The van der Waals surface area contributed by atoms with Crippen LogP contribution in [0.1, 0.15) is 17.4 Å². The highest BCUT2D eigenvalue weighted by Gasteiger charge is 2.21. The van der Waals surface area contributed by atoms with Gasteiger partial charge in [-0.05, 0) is 11.6 Å². The molecule has 1 aromatic heterocycles. The van der Waals surface area contributed by atoms with Crippen molar-refractivity contribution in [1.29, 1.82) is 0 Å². The summed E-state index contributed by atoms with van der Waals surface area (Å²) in [5.41, 5.74) is 1.42. The van der Waals surface area contributed by atoms with Gasteiger partial charge in [-0.1, -0.05) is 18.2 Å². The van der Waals surface area contributed by atoms with Gasteiger partial charge in [0.05, 0.1) is 6.54 Å². The summed E-state index contributed by atoms with van der Waals surface area (Å²) in [7, 11) is 0. The first-order chi connectivity index (χ1) is 7.93. The number of fused-ring (bicyclic) bond motifs is 1. The molecular formula is C12H13N3S. The van der Waals surface area contributed by atoms with Crippen LogP contribution >= 0.6 is 11.8 Å². The van der Waals surface area contributed by atoms with Gasteiger partial charge in [-0.25, -0.2) is 4.98 Å². The van der Waals surface area contributed by atoms with E-state index in [2.05, 4.69) is 39.6 Å². The minimum atomic E-state index is 0.450. The van der Waals surface area contributed by atoms with E-state index in [0.717, 1.165) is 18.1 Å². The van der Waals surface area contributed by atoms with Crippen LogP contribution in [0.15, 0.2) is 41.6 Å². The van der Waals surface area contributed by atoms with Gasteiger partial charge in [0, 0.05) is 29.1 Å². The maximum atomic E-state index is 4.21. The average Bonchev–Trinajstić information content (AvgIpc) is 2.96. The Kier molecular flexibility index (Phi) is 2.68. The largest absolute Gasteiger partial charge is 0.348 e. The molecule has 0 spiro atoms. The van der Waals surface area contributed by atoms with Gasteiger partial charge in [-0.15, -0.1) is 11.8 Å². The molecule has 0 fully saturated rings. The van der Waals surface area contributed by atoms with E-state index in [1.165, 1.54) is 10.5 Å². The maximum absolute atomic E-state index is 4.21. The molecule has 4 heteroatoms. The Hall–Kier alpha value is -1.26. The number of hydrogen-bond donors (Lipinski definition) is 2. The van der Waals surface area contributed by atoms with Crippen LogP contribution in [0.3, 0.4) is 0 Å². The van der Waals surface area contributed by atoms with Crippen LogP contribution in [0.2, 0.25) is 0 Å². The predicted octanol–water partition coefficient (Wildman–Crippen LogP) is 2.35. The quantitative estimate of drug-likeness (QED) is 0.852. The number of nitrogens with one attached hydrogen (secondary N) is 2. The standard InChI is InChI=1S/C12H13N3S/c1-2-4-11-9(3-1)10(8-16-11)15-7-12-13-5-6-14-12/h1-6,10,15H,7-8H2,(H,13,14). The monoisotopic (exact) mass is 231 g/mol. The molecule has 2 aromatic rings. The van der Waals surface area contributed by atoms with Gasteiger partial charge in [0.25, 0.3) is 0 Å². The first kappa shape index (κ1) is 9.93. The van der Waals surface area contributed by atoms with E-state index in [0.29, 0.717) is 6.04 Å². The predicted molar refractivity (Wildman–Crippen MR) is 65.3 cm³/mol. The summed E-state index contributed by atoms with van der Waals surface area (Å²) in [6, 6.07) is 9.04. The molecule has 3 nitrogen and oxygen atoms in total. The molecule has 1 unspecified atom stereocenters. The Morgan fingerprint density at radius 3 is 3.25 bits per heavy atom. The van der Waals surface area contributed by atoms with Crippen molar-refractivity contribution in [2.75, 3.05) is 5.75 Å². The first-order valence-electron chi connectivity index (χ1n) is 5.37. The van der Waals surface area contributed by atoms with Gasteiger partial charge in [-0.3, -0.25) is 0 Å². The minimum Gasteiger partial charge on any atom is -0.348 e. The lowest BCUT2D eigenvalue weighted by molar-refractivity contribution is 0.570. The Bertz CT molecular complexity index is 467. The molecule has 1 aliphatic heterocycles. The van der Waals surface area contributed by atoms with Crippen molar-refractivity contribution in [3.63, 3.8) is 0 Å². The van der Waals surface area contributed by atoms with E-state index in [-0.39, 0.29) is 0 Å². The Labute approximate surface area is 98.7 Å². The minimum absolute atomic E-state index is 0.450. The summed E-state index contributed by atoms with van der Waals surface area (Å²) >= 11 is 1.92. The molecule has 82 valence electrons. The zero-order valence-electron chi connectivity index (χ0n) is 8.81. The fourth-order valence-electron chi connectivity index (χ4n) is 1.95. The van der Waals surface area contributed by atoms with Crippen molar-refractivity contribution in [1.82, 2.24) is 15.3 Å². The van der Waals surface area contributed by atoms with E-state index in [1.807, 2.05) is 18.0 Å². The zero-order valence-corrected chi connectivity index (χ0v) is 9.63. The Morgan fingerprint density at radius 2 is 2.38 bits per heavy atom. The van der Waals surface area contributed by atoms with Crippen LogP contribution in [0.5, 0.6) is 0 Å². The fourth-order valence-corrected chi connectivity index (χ4v) is 3.14. The molecule has 2 N–H and O–H groups in total. The molecule has 1 aliphatic rings. The number of thioether (sulfide) groups is 1.